The summed E-state index contributed by atoms with van der Waals surface area (Å²) in [5, 5.41) is 4.57. The number of imidazole rings is 1. The fraction of sp³-hybridized carbons (Fsp3) is 0.364. The van der Waals surface area contributed by atoms with Crippen molar-refractivity contribution in [3.05, 3.63) is 58.2 Å². The lowest BCUT2D eigenvalue weighted by Crippen LogP contribution is -2.55. The Morgan fingerprint density at radius 3 is 2.97 bits per heavy atom. The van der Waals surface area contributed by atoms with E-state index < -0.39 is 5.72 Å². The third kappa shape index (κ3) is 3.57. The van der Waals surface area contributed by atoms with E-state index in [4.69, 9.17) is 25.9 Å². The van der Waals surface area contributed by atoms with Crippen molar-refractivity contribution in [1.82, 2.24) is 14.5 Å². The molecule has 0 N–H and O–H groups in total. The van der Waals surface area contributed by atoms with Crippen molar-refractivity contribution in [2.24, 2.45) is 5.16 Å². The van der Waals surface area contributed by atoms with Gasteiger partial charge in [0, 0.05) is 6.20 Å². The Hall–Kier alpha value is -2.58. The molecule has 2 atom stereocenters. The van der Waals surface area contributed by atoms with E-state index in [1.807, 2.05) is 48.0 Å². The van der Waals surface area contributed by atoms with Crippen molar-refractivity contribution in [3.63, 3.8) is 0 Å². The van der Waals surface area contributed by atoms with Crippen LogP contribution in [0.3, 0.4) is 0 Å². The first-order chi connectivity index (χ1) is 15.0. The number of methoxy groups -OCH3 is 1. The number of allylic oxidation sites excluding steroid dienone is 1. The summed E-state index contributed by atoms with van der Waals surface area (Å²) in [7, 11) is 1.66. The van der Waals surface area contributed by atoms with Gasteiger partial charge in [-0.05, 0) is 44.0 Å². The highest BCUT2D eigenvalue weighted by Crippen LogP contribution is 2.46. The summed E-state index contributed by atoms with van der Waals surface area (Å²) in [6, 6.07) is 6.01. The molecule has 4 heterocycles. The summed E-state index contributed by atoms with van der Waals surface area (Å²) < 4.78 is 14.4. The molecule has 2 aromatic rings. The molecule has 0 radical (unpaired) electrons. The van der Waals surface area contributed by atoms with E-state index in [0.717, 1.165) is 33.5 Å². The molecule has 1 saturated heterocycles. The minimum Gasteiger partial charge on any atom is -0.495 e. The molecule has 9 heteroatoms. The number of hydrogen-bond donors (Lipinski definition) is 0. The van der Waals surface area contributed by atoms with Crippen molar-refractivity contribution in [2.45, 2.75) is 31.2 Å². The van der Waals surface area contributed by atoms with Crippen LogP contribution >= 0.6 is 23.4 Å². The van der Waals surface area contributed by atoms with E-state index >= 15 is 0 Å². The number of benzene rings is 1. The van der Waals surface area contributed by atoms with E-state index in [2.05, 4.69) is 22.0 Å². The van der Waals surface area contributed by atoms with Crippen LogP contribution in [-0.4, -0.2) is 51.5 Å². The number of fused-ring (bicyclic) bond motifs is 1. The standard InChI is InChI=1S/C22H23ClN4O3S/c1-14-12-26(13-24-14)16-5-4-15(10-17(16)28-3)11-18-21-25-30-22(2,27(21)8-9-29-18)19-6-7-20(23)31-19/h4-5,7,10-13,19H,6,8-9H2,1-3H3/b18-11-. The highest BCUT2D eigenvalue weighted by Gasteiger charge is 2.51. The third-order valence-electron chi connectivity index (χ3n) is 5.74. The second-order valence-electron chi connectivity index (χ2n) is 7.77. The fourth-order valence-electron chi connectivity index (χ4n) is 4.06. The maximum atomic E-state index is 6.20. The number of amidine groups is 1. The molecule has 162 valence electrons. The SMILES string of the molecule is COc1cc(/C=C2\OCCN3C2=NOC3(C)C2CC=C(Cl)S2)ccc1-n1cnc(C)c1. The maximum Gasteiger partial charge on any atom is 0.221 e. The number of rotatable bonds is 4. The van der Waals surface area contributed by atoms with Gasteiger partial charge in [-0.1, -0.05) is 28.9 Å². The topological polar surface area (TPSA) is 61.1 Å². The lowest BCUT2D eigenvalue weighted by atomic mass is 10.1. The van der Waals surface area contributed by atoms with Crippen molar-refractivity contribution >= 4 is 35.3 Å². The highest BCUT2D eigenvalue weighted by molar-refractivity contribution is 8.05. The van der Waals surface area contributed by atoms with Gasteiger partial charge in [0.25, 0.3) is 0 Å². The fourth-order valence-corrected chi connectivity index (χ4v) is 5.52. The van der Waals surface area contributed by atoms with Crippen LogP contribution in [0.2, 0.25) is 0 Å². The van der Waals surface area contributed by atoms with Gasteiger partial charge in [0.15, 0.2) is 5.76 Å². The van der Waals surface area contributed by atoms with Crippen molar-refractivity contribution in [3.8, 4) is 11.4 Å². The molecule has 0 saturated carbocycles. The average Bonchev–Trinajstić information content (AvgIpc) is 3.48. The number of ether oxygens (including phenoxy) is 2. The predicted molar refractivity (Wildman–Crippen MR) is 122 cm³/mol. The van der Waals surface area contributed by atoms with Crippen LogP contribution in [0.5, 0.6) is 5.75 Å². The predicted octanol–water partition coefficient (Wildman–Crippen LogP) is 4.51. The van der Waals surface area contributed by atoms with E-state index in [9.17, 15) is 0 Å². The Bertz CT molecular complexity index is 1110. The third-order valence-corrected chi connectivity index (χ3v) is 7.47. The number of nitrogens with zero attached hydrogens (tertiary/aromatic N) is 4. The van der Waals surface area contributed by atoms with Gasteiger partial charge in [-0.25, -0.2) is 4.98 Å². The zero-order valence-corrected chi connectivity index (χ0v) is 19.1. The normalized spacial score (nSPS) is 26.3. The Labute approximate surface area is 190 Å². The summed E-state index contributed by atoms with van der Waals surface area (Å²) in [4.78, 5) is 12.4. The van der Waals surface area contributed by atoms with Gasteiger partial charge < -0.3 is 23.8 Å². The molecule has 1 aromatic heterocycles. The Morgan fingerprint density at radius 2 is 2.26 bits per heavy atom. The van der Waals surface area contributed by atoms with Crippen LogP contribution in [0.15, 0.2) is 52.1 Å². The first-order valence-corrected chi connectivity index (χ1v) is 11.3. The van der Waals surface area contributed by atoms with Crippen LogP contribution in [0.25, 0.3) is 11.8 Å². The monoisotopic (exact) mass is 458 g/mol. The zero-order chi connectivity index (χ0) is 21.6. The summed E-state index contributed by atoms with van der Waals surface area (Å²) in [6.07, 6.45) is 8.60. The summed E-state index contributed by atoms with van der Waals surface area (Å²) in [6.45, 7) is 5.30. The van der Waals surface area contributed by atoms with Gasteiger partial charge in [0.05, 0.1) is 41.0 Å². The quantitative estimate of drug-likeness (QED) is 0.671. The molecule has 0 aliphatic carbocycles. The van der Waals surface area contributed by atoms with Gasteiger partial charge in [-0.2, -0.15) is 0 Å². The molecule has 31 heavy (non-hydrogen) atoms. The molecule has 1 fully saturated rings. The smallest absolute Gasteiger partial charge is 0.221 e. The Kier molecular flexibility index (Phi) is 5.14. The molecular weight excluding hydrogens is 436 g/mol. The minimum absolute atomic E-state index is 0.179. The van der Waals surface area contributed by atoms with Crippen LogP contribution in [0, 0.1) is 6.92 Å². The van der Waals surface area contributed by atoms with E-state index in [1.165, 1.54) is 0 Å². The average molecular weight is 459 g/mol. The molecule has 0 spiro atoms. The molecule has 0 bridgehead atoms. The van der Waals surface area contributed by atoms with Gasteiger partial charge in [-0.15, -0.1) is 11.8 Å². The number of hydrogen-bond acceptors (Lipinski definition) is 7. The second kappa shape index (κ2) is 7.84. The van der Waals surface area contributed by atoms with Gasteiger partial charge in [0.1, 0.15) is 12.4 Å². The number of aryl methyl sites for hydroxylation is 1. The summed E-state index contributed by atoms with van der Waals surface area (Å²) >= 11 is 7.84. The maximum absolute atomic E-state index is 6.20. The largest absolute Gasteiger partial charge is 0.495 e. The molecule has 1 aromatic carbocycles. The molecule has 0 amide bonds. The Morgan fingerprint density at radius 1 is 1.39 bits per heavy atom. The molecular formula is C22H23ClN4O3S. The van der Waals surface area contributed by atoms with Gasteiger partial charge in [0.2, 0.25) is 11.6 Å². The Balaban J connectivity index is 1.42. The minimum atomic E-state index is -0.559. The van der Waals surface area contributed by atoms with Crippen LogP contribution in [0.1, 0.15) is 24.6 Å². The van der Waals surface area contributed by atoms with Gasteiger partial charge >= 0.3 is 0 Å². The van der Waals surface area contributed by atoms with Crippen LogP contribution < -0.4 is 4.74 Å². The summed E-state index contributed by atoms with van der Waals surface area (Å²) in [5.41, 5.74) is 2.26. The molecule has 3 aliphatic heterocycles. The van der Waals surface area contributed by atoms with Crippen LogP contribution in [0.4, 0.5) is 0 Å². The summed E-state index contributed by atoms with van der Waals surface area (Å²) in [5.74, 6) is 2.15. The number of morpholine rings is 1. The molecule has 2 unspecified atom stereocenters. The molecule has 7 nitrogen and oxygen atoms in total. The van der Waals surface area contributed by atoms with E-state index in [1.54, 1.807) is 25.2 Å². The van der Waals surface area contributed by atoms with Crippen molar-refractivity contribution in [2.75, 3.05) is 20.3 Å². The molecule has 5 rings (SSSR count). The number of oxime groups is 1. The number of aromatic nitrogens is 2. The second-order valence-corrected chi connectivity index (χ2v) is 9.65. The van der Waals surface area contributed by atoms with Crippen LogP contribution in [-0.2, 0) is 9.57 Å². The first kappa shape index (κ1) is 20.3. The number of halogens is 1. The lowest BCUT2D eigenvalue weighted by Gasteiger charge is -2.40. The highest BCUT2D eigenvalue weighted by atomic mass is 35.5. The first-order valence-electron chi connectivity index (χ1n) is 10.1. The van der Waals surface area contributed by atoms with Crippen molar-refractivity contribution < 1.29 is 14.3 Å². The molecule has 3 aliphatic rings. The van der Waals surface area contributed by atoms with Gasteiger partial charge in [-0.3, -0.25) is 0 Å². The van der Waals surface area contributed by atoms with Crippen molar-refractivity contribution in [1.29, 1.82) is 0 Å². The van der Waals surface area contributed by atoms with E-state index in [0.29, 0.717) is 24.7 Å². The zero-order valence-electron chi connectivity index (χ0n) is 17.5. The number of thioether (sulfide) groups is 1. The lowest BCUT2D eigenvalue weighted by molar-refractivity contribution is -0.0898. The van der Waals surface area contributed by atoms with E-state index in [-0.39, 0.29) is 5.25 Å².